The number of fused-ring (bicyclic) bond motifs is 1. The number of carbonyl (C=O) groups excluding carboxylic acids is 1. The number of aryl methyl sites for hydroxylation is 3. The van der Waals surface area contributed by atoms with Crippen molar-refractivity contribution < 1.29 is 9.53 Å². The Morgan fingerprint density at radius 3 is 2.75 bits per heavy atom. The van der Waals surface area contributed by atoms with Gasteiger partial charge in [-0.25, -0.2) is 0 Å². The fourth-order valence-corrected chi connectivity index (χ4v) is 2.78. The van der Waals surface area contributed by atoms with Crippen LogP contribution in [0.25, 0.3) is 0 Å². The van der Waals surface area contributed by atoms with Crippen molar-refractivity contribution >= 4 is 5.78 Å². The molecule has 2 aromatic rings. The topological polar surface area (TPSA) is 26.3 Å². The monoisotopic (exact) mass is 266 g/mol. The van der Waals surface area contributed by atoms with E-state index in [9.17, 15) is 4.79 Å². The zero-order chi connectivity index (χ0) is 14.1. The van der Waals surface area contributed by atoms with Crippen molar-refractivity contribution in [1.29, 1.82) is 0 Å². The average Bonchev–Trinajstić information content (AvgIpc) is 2.46. The third-order valence-electron chi connectivity index (χ3n) is 3.80. The summed E-state index contributed by atoms with van der Waals surface area (Å²) in [5.41, 5.74) is 4.79. The van der Waals surface area contributed by atoms with Crippen LogP contribution in [-0.2, 0) is 6.42 Å². The Morgan fingerprint density at radius 1 is 1.10 bits per heavy atom. The SMILES string of the molecule is Cc1ccc(C(=O)c2cccc3c2OCCC3)c(C)c1. The Bertz CT molecular complexity index is 671. The Morgan fingerprint density at radius 2 is 1.95 bits per heavy atom. The predicted molar refractivity (Wildman–Crippen MR) is 79.6 cm³/mol. The number of para-hydroxylation sites is 1. The van der Waals surface area contributed by atoms with Crippen LogP contribution < -0.4 is 4.74 Å². The maximum Gasteiger partial charge on any atom is 0.197 e. The lowest BCUT2D eigenvalue weighted by Gasteiger charge is -2.20. The summed E-state index contributed by atoms with van der Waals surface area (Å²) in [5.74, 6) is 0.838. The van der Waals surface area contributed by atoms with E-state index in [1.54, 1.807) is 0 Å². The standard InChI is InChI=1S/C18H18O2/c1-12-8-9-15(13(2)11-12)17(19)16-7-3-5-14-6-4-10-20-18(14)16/h3,5,7-9,11H,4,6,10H2,1-2H3. The molecule has 0 radical (unpaired) electrons. The zero-order valence-corrected chi connectivity index (χ0v) is 11.9. The summed E-state index contributed by atoms with van der Waals surface area (Å²) in [6, 6.07) is 11.8. The fourth-order valence-electron chi connectivity index (χ4n) is 2.78. The second-order valence-corrected chi connectivity index (χ2v) is 5.39. The Kier molecular flexibility index (Phi) is 3.31. The minimum atomic E-state index is 0.0567. The smallest absolute Gasteiger partial charge is 0.197 e. The van der Waals surface area contributed by atoms with Gasteiger partial charge in [0.1, 0.15) is 5.75 Å². The van der Waals surface area contributed by atoms with Gasteiger partial charge in [-0.1, -0.05) is 35.9 Å². The molecule has 0 saturated carbocycles. The Balaban J connectivity index is 2.07. The van der Waals surface area contributed by atoms with E-state index in [0.717, 1.165) is 35.3 Å². The first-order valence-corrected chi connectivity index (χ1v) is 7.03. The molecule has 0 aromatic heterocycles. The van der Waals surface area contributed by atoms with Crippen LogP contribution in [0.5, 0.6) is 5.75 Å². The van der Waals surface area contributed by atoms with Crippen molar-refractivity contribution in [2.24, 2.45) is 0 Å². The van der Waals surface area contributed by atoms with Gasteiger partial charge in [0.05, 0.1) is 12.2 Å². The van der Waals surface area contributed by atoms with E-state index in [2.05, 4.69) is 0 Å². The lowest BCUT2D eigenvalue weighted by atomic mass is 9.94. The number of ether oxygens (including phenoxy) is 1. The quantitative estimate of drug-likeness (QED) is 0.771. The molecule has 0 spiro atoms. The van der Waals surface area contributed by atoms with Crippen LogP contribution in [0.3, 0.4) is 0 Å². The molecular formula is C18H18O2. The number of hydrogen-bond acceptors (Lipinski definition) is 2. The molecule has 2 aromatic carbocycles. The molecule has 102 valence electrons. The first-order valence-electron chi connectivity index (χ1n) is 7.03. The van der Waals surface area contributed by atoms with E-state index < -0.39 is 0 Å². The number of rotatable bonds is 2. The summed E-state index contributed by atoms with van der Waals surface area (Å²) in [6.45, 7) is 4.72. The van der Waals surface area contributed by atoms with Gasteiger partial charge in [0.2, 0.25) is 0 Å². The second kappa shape index (κ2) is 5.12. The number of carbonyl (C=O) groups is 1. The van der Waals surface area contributed by atoms with Crippen molar-refractivity contribution in [2.45, 2.75) is 26.7 Å². The summed E-state index contributed by atoms with van der Waals surface area (Å²) in [7, 11) is 0. The highest BCUT2D eigenvalue weighted by Gasteiger charge is 2.21. The summed E-state index contributed by atoms with van der Waals surface area (Å²) < 4.78 is 5.74. The molecule has 0 fully saturated rings. The molecule has 2 nitrogen and oxygen atoms in total. The minimum Gasteiger partial charge on any atom is -0.493 e. The molecule has 0 N–H and O–H groups in total. The summed E-state index contributed by atoms with van der Waals surface area (Å²) in [6.07, 6.45) is 2.01. The van der Waals surface area contributed by atoms with Crippen molar-refractivity contribution in [1.82, 2.24) is 0 Å². The predicted octanol–water partition coefficient (Wildman–Crippen LogP) is 3.86. The first-order chi connectivity index (χ1) is 9.66. The summed E-state index contributed by atoms with van der Waals surface area (Å²) in [4.78, 5) is 12.8. The van der Waals surface area contributed by atoms with Gasteiger partial charge >= 0.3 is 0 Å². The van der Waals surface area contributed by atoms with E-state index in [1.165, 1.54) is 5.56 Å². The number of ketones is 1. The molecular weight excluding hydrogens is 248 g/mol. The van der Waals surface area contributed by atoms with Crippen molar-refractivity contribution in [3.05, 3.63) is 64.2 Å². The maximum atomic E-state index is 12.8. The van der Waals surface area contributed by atoms with Crippen LogP contribution in [0.2, 0.25) is 0 Å². The molecule has 1 aliphatic rings. The van der Waals surface area contributed by atoms with Crippen LogP contribution >= 0.6 is 0 Å². The van der Waals surface area contributed by atoms with Crippen molar-refractivity contribution in [3.8, 4) is 5.75 Å². The normalized spacial score (nSPS) is 13.5. The largest absolute Gasteiger partial charge is 0.493 e. The van der Waals surface area contributed by atoms with E-state index in [0.29, 0.717) is 12.2 Å². The highest BCUT2D eigenvalue weighted by Crippen LogP contribution is 2.31. The van der Waals surface area contributed by atoms with Gasteiger partial charge in [0.25, 0.3) is 0 Å². The van der Waals surface area contributed by atoms with Crippen LogP contribution in [-0.4, -0.2) is 12.4 Å². The maximum absolute atomic E-state index is 12.8. The fraction of sp³-hybridized carbons (Fsp3) is 0.278. The molecule has 0 bridgehead atoms. The van der Waals surface area contributed by atoms with Gasteiger partial charge in [0.15, 0.2) is 5.78 Å². The van der Waals surface area contributed by atoms with Crippen molar-refractivity contribution in [2.75, 3.05) is 6.61 Å². The molecule has 20 heavy (non-hydrogen) atoms. The van der Waals surface area contributed by atoms with Gasteiger partial charge in [-0.15, -0.1) is 0 Å². The van der Waals surface area contributed by atoms with E-state index in [1.807, 2.05) is 50.2 Å². The Labute approximate surface area is 119 Å². The molecule has 3 rings (SSSR count). The number of benzene rings is 2. The molecule has 1 aliphatic heterocycles. The molecule has 1 heterocycles. The third kappa shape index (κ3) is 2.22. The van der Waals surface area contributed by atoms with E-state index in [-0.39, 0.29) is 5.78 Å². The van der Waals surface area contributed by atoms with Gasteiger partial charge in [-0.05, 0) is 43.9 Å². The molecule has 0 aliphatic carbocycles. The minimum absolute atomic E-state index is 0.0567. The summed E-state index contributed by atoms with van der Waals surface area (Å²) in [5, 5.41) is 0. The average molecular weight is 266 g/mol. The van der Waals surface area contributed by atoms with Gasteiger partial charge in [-0.2, -0.15) is 0 Å². The van der Waals surface area contributed by atoms with Crippen LogP contribution in [0, 0.1) is 13.8 Å². The highest BCUT2D eigenvalue weighted by atomic mass is 16.5. The molecule has 2 heteroatoms. The van der Waals surface area contributed by atoms with Gasteiger partial charge < -0.3 is 4.74 Å². The Hall–Kier alpha value is -2.09. The summed E-state index contributed by atoms with van der Waals surface area (Å²) >= 11 is 0. The second-order valence-electron chi connectivity index (χ2n) is 5.39. The highest BCUT2D eigenvalue weighted by molar-refractivity contribution is 6.11. The molecule has 0 amide bonds. The van der Waals surface area contributed by atoms with Crippen molar-refractivity contribution in [3.63, 3.8) is 0 Å². The molecule has 0 unspecified atom stereocenters. The van der Waals surface area contributed by atoms with E-state index in [4.69, 9.17) is 4.74 Å². The van der Waals surface area contributed by atoms with Gasteiger partial charge in [-0.3, -0.25) is 4.79 Å². The first kappa shape index (κ1) is 12.9. The number of hydrogen-bond donors (Lipinski definition) is 0. The molecule has 0 saturated heterocycles. The molecule has 0 atom stereocenters. The van der Waals surface area contributed by atoms with E-state index >= 15 is 0 Å². The lowest BCUT2D eigenvalue weighted by molar-refractivity contribution is 0.103. The van der Waals surface area contributed by atoms with Crippen LogP contribution in [0.15, 0.2) is 36.4 Å². The third-order valence-corrected chi connectivity index (χ3v) is 3.80. The lowest BCUT2D eigenvalue weighted by Crippen LogP contribution is -2.14. The van der Waals surface area contributed by atoms with Crippen LogP contribution in [0.1, 0.15) is 39.0 Å². The zero-order valence-electron chi connectivity index (χ0n) is 11.9. The van der Waals surface area contributed by atoms with Crippen LogP contribution in [0.4, 0.5) is 0 Å². The van der Waals surface area contributed by atoms with Gasteiger partial charge in [0, 0.05) is 5.56 Å².